The molecule has 1 saturated heterocycles. The zero-order valence-electron chi connectivity index (χ0n) is 8.61. The molecule has 14 heavy (non-hydrogen) atoms. The number of nitrogens with zero attached hydrogens (tertiary/aromatic N) is 2. The van der Waals surface area contributed by atoms with E-state index < -0.39 is 17.8 Å². The van der Waals surface area contributed by atoms with Crippen molar-refractivity contribution in [3.63, 3.8) is 0 Å². The molecule has 4 amide bonds. The number of carbonyl (C=O) groups is 3. The minimum Gasteiger partial charge on any atom is -0.325 e. The maximum atomic E-state index is 11.6. The summed E-state index contributed by atoms with van der Waals surface area (Å²) >= 11 is 0. The van der Waals surface area contributed by atoms with Gasteiger partial charge >= 0.3 is 6.03 Å². The minimum atomic E-state index is -0.521. The molecule has 0 bridgehead atoms. The predicted molar refractivity (Wildman–Crippen MR) is 49.4 cm³/mol. The van der Waals surface area contributed by atoms with Gasteiger partial charge in [0.2, 0.25) is 11.8 Å². The number of amides is 4. The van der Waals surface area contributed by atoms with Crippen molar-refractivity contribution in [2.75, 3.05) is 7.05 Å². The van der Waals surface area contributed by atoms with Crippen molar-refractivity contribution in [2.24, 2.45) is 0 Å². The number of imide groups is 3. The van der Waals surface area contributed by atoms with Gasteiger partial charge in [-0.15, -0.1) is 0 Å². The lowest BCUT2D eigenvalue weighted by molar-refractivity contribution is -0.135. The molecule has 1 heterocycles. The fourth-order valence-corrected chi connectivity index (χ4v) is 1.17. The third-order valence-electron chi connectivity index (χ3n) is 2.32. The molecule has 1 rings (SSSR count). The Morgan fingerprint density at radius 2 is 1.71 bits per heavy atom. The molecule has 5 heteroatoms. The fraction of sp³-hybridized carbons (Fsp3) is 0.667. The number of hydrogen-bond donors (Lipinski definition) is 0. The molecule has 0 N–H and O–H groups in total. The van der Waals surface area contributed by atoms with Crippen LogP contribution in [-0.4, -0.2) is 40.7 Å². The van der Waals surface area contributed by atoms with E-state index in [0.717, 1.165) is 4.90 Å². The summed E-state index contributed by atoms with van der Waals surface area (Å²) in [5, 5.41) is 0. The Morgan fingerprint density at radius 1 is 1.29 bits per heavy atom. The van der Waals surface area contributed by atoms with Crippen molar-refractivity contribution >= 4 is 17.8 Å². The first-order chi connectivity index (χ1) is 6.45. The molecule has 1 aliphatic heterocycles. The van der Waals surface area contributed by atoms with Crippen molar-refractivity contribution in [1.82, 2.24) is 9.80 Å². The van der Waals surface area contributed by atoms with E-state index in [1.807, 2.05) is 13.8 Å². The Labute approximate surface area is 82.7 Å². The molecule has 0 aromatic rings. The summed E-state index contributed by atoms with van der Waals surface area (Å²) in [7, 11) is 1.58. The molecular weight excluding hydrogens is 184 g/mol. The van der Waals surface area contributed by atoms with E-state index in [1.165, 1.54) is 4.90 Å². The summed E-state index contributed by atoms with van der Waals surface area (Å²) in [4.78, 5) is 36.2. The van der Waals surface area contributed by atoms with Crippen LogP contribution in [0.15, 0.2) is 0 Å². The maximum Gasteiger partial charge on any atom is 0.333 e. The van der Waals surface area contributed by atoms with Gasteiger partial charge in [0.15, 0.2) is 0 Å². The lowest BCUT2D eigenvalue weighted by atomic mass is 10.3. The number of hydrogen-bond acceptors (Lipinski definition) is 3. The molecule has 0 aromatic carbocycles. The van der Waals surface area contributed by atoms with Crippen LogP contribution in [0.4, 0.5) is 4.79 Å². The van der Waals surface area contributed by atoms with E-state index in [1.54, 1.807) is 7.05 Å². The first-order valence-corrected chi connectivity index (χ1v) is 4.57. The Balaban J connectivity index is 2.78. The van der Waals surface area contributed by atoms with Gasteiger partial charge in [0, 0.05) is 25.9 Å². The van der Waals surface area contributed by atoms with E-state index in [0.29, 0.717) is 0 Å². The van der Waals surface area contributed by atoms with Crippen LogP contribution < -0.4 is 0 Å². The molecule has 1 aliphatic rings. The SMILES string of the molecule is CC(C)N(C)C(=O)N1C(=O)CCC1=O. The standard InChI is InChI=1S/C9H14N2O3/c1-6(2)10(3)9(14)11-7(12)4-5-8(11)13/h6H,4-5H2,1-3H3. The van der Waals surface area contributed by atoms with Crippen LogP contribution in [-0.2, 0) is 9.59 Å². The average Bonchev–Trinajstić information content (AvgIpc) is 2.44. The highest BCUT2D eigenvalue weighted by Crippen LogP contribution is 2.14. The van der Waals surface area contributed by atoms with Crippen molar-refractivity contribution in [1.29, 1.82) is 0 Å². The Kier molecular flexibility index (Phi) is 2.88. The molecule has 0 atom stereocenters. The zero-order chi connectivity index (χ0) is 10.9. The quantitative estimate of drug-likeness (QED) is 0.579. The van der Waals surface area contributed by atoms with Crippen LogP contribution in [0.25, 0.3) is 0 Å². The van der Waals surface area contributed by atoms with Crippen LogP contribution >= 0.6 is 0 Å². The molecule has 78 valence electrons. The van der Waals surface area contributed by atoms with E-state index in [4.69, 9.17) is 0 Å². The molecule has 0 spiro atoms. The molecular formula is C9H14N2O3. The van der Waals surface area contributed by atoms with Crippen LogP contribution in [0, 0.1) is 0 Å². The lowest BCUT2D eigenvalue weighted by Crippen LogP contribution is -2.46. The van der Waals surface area contributed by atoms with Gasteiger partial charge in [0.25, 0.3) is 0 Å². The van der Waals surface area contributed by atoms with Crippen molar-refractivity contribution < 1.29 is 14.4 Å². The van der Waals surface area contributed by atoms with Gasteiger partial charge in [-0.2, -0.15) is 0 Å². The van der Waals surface area contributed by atoms with E-state index in [9.17, 15) is 14.4 Å². The third kappa shape index (κ3) is 1.76. The molecule has 0 radical (unpaired) electrons. The monoisotopic (exact) mass is 198 g/mol. The van der Waals surface area contributed by atoms with Gasteiger partial charge in [-0.25, -0.2) is 9.69 Å². The van der Waals surface area contributed by atoms with Crippen LogP contribution in [0.3, 0.4) is 0 Å². The number of likely N-dealkylation sites (tertiary alicyclic amines) is 1. The first-order valence-electron chi connectivity index (χ1n) is 4.57. The zero-order valence-corrected chi connectivity index (χ0v) is 8.61. The van der Waals surface area contributed by atoms with Gasteiger partial charge in [-0.05, 0) is 13.8 Å². The first kappa shape index (κ1) is 10.7. The lowest BCUT2D eigenvalue weighted by Gasteiger charge is -2.25. The smallest absolute Gasteiger partial charge is 0.325 e. The molecule has 0 saturated carbocycles. The van der Waals surface area contributed by atoms with Crippen molar-refractivity contribution in [2.45, 2.75) is 32.7 Å². The highest BCUT2D eigenvalue weighted by molar-refractivity contribution is 6.14. The summed E-state index contributed by atoms with van der Waals surface area (Å²) in [6.45, 7) is 3.64. The van der Waals surface area contributed by atoms with Gasteiger partial charge in [-0.1, -0.05) is 0 Å². The molecule has 1 fully saturated rings. The summed E-state index contributed by atoms with van der Waals surface area (Å²) in [6.07, 6.45) is 0.299. The highest BCUT2D eigenvalue weighted by atomic mass is 16.2. The molecule has 5 nitrogen and oxygen atoms in total. The number of carbonyl (C=O) groups excluding carboxylic acids is 3. The van der Waals surface area contributed by atoms with Gasteiger partial charge in [0.05, 0.1) is 0 Å². The Morgan fingerprint density at radius 3 is 2.07 bits per heavy atom. The Hall–Kier alpha value is -1.39. The van der Waals surface area contributed by atoms with E-state index >= 15 is 0 Å². The van der Waals surface area contributed by atoms with Crippen molar-refractivity contribution in [3.8, 4) is 0 Å². The second kappa shape index (κ2) is 3.77. The molecule has 0 aromatic heterocycles. The average molecular weight is 198 g/mol. The van der Waals surface area contributed by atoms with E-state index in [2.05, 4.69) is 0 Å². The van der Waals surface area contributed by atoms with Crippen LogP contribution in [0.1, 0.15) is 26.7 Å². The summed E-state index contributed by atoms with van der Waals surface area (Å²) in [5.74, 6) is -0.792. The van der Waals surface area contributed by atoms with Crippen LogP contribution in [0.2, 0.25) is 0 Å². The molecule has 0 aliphatic carbocycles. The van der Waals surface area contributed by atoms with Crippen molar-refractivity contribution in [3.05, 3.63) is 0 Å². The Bertz CT molecular complexity index is 270. The fourth-order valence-electron chi connectivity index (χ4n) is 1.17. The molecule has 0 unspecified atom stereocenters. The summed E-state index contributed by atoms with van der Waals surface area (Å²) in [5.41, 5.74) is 0. The maximum absolute atomic E-state index is 11.6. The largest absolute Gasteiger partial charge is 0.333 e. The van der Waals surface area contributed by atoms with Crippen LogP contribution in [0.5, 0.6) is 0 Å². The minimum absolute atomic E-state index is 0.0244. The normalized spacial score (nSPS) is 16.7. The summed E-state index contributed by atoms with van der Waals surface area (Å²) < 4.78 is 0. The number of urea groups is 1. The van der Waals surface area contributed by atoms with Gasteiger partial charge < -0.3 is 4.90 Å². The van der Waals surface area contributed by atoms with Gasteiger partial charge in [-0.3, -0.25) is 9.59 Å². The highest BCUT2D eigenvalue weighted by Gasteiger charge is 2.36. The second-order valence-electron chi connectivity index (χ2n) is 3.61. The van der Waals surface area contributed by atoms with E-state index in [-0.39, 0.29) is 18.9 Å². The summed E-state index contributed by atoms with van der Waals surface area (Å²) in [6, 6.07) is -0.545. The topological polar surface area (TPSA) is 57.7 Å². The van der Waals surface area contributed by atoms with Gasteiger partial charge in [0.1, 0.15) is 0 Å². The number of rotatable bonds is 1. The second-order valence-corrected chi connectivity index (χ2v) is 3.61. The third-order valence-corrected chi connectivity index (χ3v) is 2.32. The predicted octanol–water partition coefficient (Wildman–Crippen LogP) is 0.596.